The van der Waals surface area contributed by atoms with Crippen LogP contribution in [0.3, 0.4) is 0 Å². The zero-order valence-corrected chi connectivity index (χ0v) is 15.5. The molecule has 1 atom stereocenters. The van der Waals surface area contributed by atoms with Gasteiger partial charge < -0.3 is 15.5 Å². The average molecular weight is 360 g/mol. The van der Waals surface area contributed by atoms with Gasteiger partial charge in [0, 0.05) is 38.6 Å². The van der Waals surface area contributed by atoms with E-state index in [-0.39, 0.29) is 17.8 Å². The molecule has 1 heterocycles. The second-order valence-electron chi connectivity index (χ2n) is 7.27. The maximum Gasteiger partial charge on any atom is 0.225 e. The van der Waals surface area contributed by atoms with E-state index < -0.39 is 0 Å². The zero-order chi connectivity index (χ0) is 18.4. The van der Waals surface area contributed by atoms with E-state index >= 15 is 0 Å². The summed E-state index contributed by atoms with van der Waals surface area (Å²) in [6.45, 7) is 2.26. The third-order valence-electron chi connectivity index (χ3n) is 5.36. The first-order valence-corrected chi connectivity index (χ1v) is 9.66. The predicted molar refractivity (Wildman–Crippen MR) is 102 cm³/mol. The molecule has 1 unspecified atom stereocenters. The quantitative estimate of drug-likeness (QED) is 0.626. The van der Waals surface area contributed by atoms with Gasteiger partial charge in [0.05, 0.1) is 0 Å². The lowest BCUT2D eigenvalue weighted by Crippen LogP contribution is -2.45. The molecule has 1 saturated heterocycles. The molecule has 3 rings (SSSR count). The van der Waals surface area contributed by atoms with Crippen LogP contribution < -0.4 is 10.6 Å². The van der Waals surface area contributed by atoms with E-state index in [2.05, 4.69) is 15.6 Å². The highest BCUT2D eigenvalue weighted by Crippen LogP contribution is 2.27. The molecule has 2 N–H and O–H groups in total. The number of likely N-dealkylation sites (tertiary alicyclic amines) is 1. The molecule has 26 heavy (non-hydrogen) atoms. The third-order valence-corrected chi connectivity index (χ3v) is 5.36. The number of aliphatic imine (C=N–C) groups is 1. The zero-order valence-electron chi connectivity index (χ0n) is 15.5. The van der Waals surface area contributed by atoms with Gasteiger partial charge in [0.25, 0.3) is 0 Å². The van der Waals surface area contributed by atoms with Crippen LogP contribution in [0.15, 0.2) is 29.3 Å². The fraction of sp³-hybridized carbons (Fsp3) is 0.600. The van der Waals surface area contributed by atoms with Crippen LogP contribution in [0.4, 0.5) is 4.39 Å². The van der Waals surface area contributed by atoms with E-state index in [1.807, 2.05) is 11.0 Å². The topological polar surface area (TPSA) is 56.7 Å². The molecule has 6 heteroatoms. The third kappa shape index (κ3) is 4.96. The van der Waals surface area contributed by atoms with Gasteiger partial charge in [-0.05, 0) is 43.4 Å². The van der Waals surface area contributed by atoms with E-state index in [1.165, 1.54) is 18.9 Å². The second kappa shape index (κ2) is 9.01. The van der Waals surface area contributed by atoms with E-state index in [1.54, 1.807) is 19.2 Å². The first-order valence-electron chi connectivity index (χ1n) is 9.66. The molecule has 1 saturated carbocycles. The van der Waals surface area contributed by atoms with Crippen LogP contribution in [0.2, 0.25) is 0 Å². The van der Waals surface area contributed by atoms with Crippen LogP contribution in [-0.2, 0) is 11.2 Å². The normalized spacial score (nSPS) is 21.2. The smallest absolute Gasteiger partial charge is 0.225 e. The molecule has 0 aromatic heterocycles. The molecule has 2 aliphatic rings. The molecular formula is C20H29FN4O. The van der Waals surface area contributed by atoms with Crippen molar-refractivity contribution in [3.8, 4) is 0 Å². The number of hydrogen-bond donors (Lipinski definition) is 2. The standard InChI is InChI=1S/C20H29FN4O/c1-22-20(23-11-9-15-5-4-8-17(21)13-15)24-18-10-12-25(14-18)19(26)16-6-2-3-7-16/h4-5,8,13,16,18H,2-3,6-7,9-12,14H2,1H3,(H2,22,23,24). The highest BCUT2D eigenvalue weighted by Gasteiger charge is 2.32. The van der Waals surface area contributed by atoms with Crippen LogP contribution in [-0.4, -0.2) is 49.5 Å². The Morgan fingerprint density at radius 1 is 1.31 bits per heavy atom. The van der Waals surface area contributed by atoms with Gasteiger partial charge in [-0.1, -0.05) is 25.0 Å². The first-order chi connectivity index (χ1) is 12.7. The fourth-order valence-electron chi connectivity index (χ4n) is 3.91. The van der Waals surface area contributed by atoms with Crippen molar-refractivity contribution in [2.75, 3.05) is 26.7 Å². The maximum atomic E-state index is 13.2. The van der Waals surface area contributed by atoms with Crippen LogP contribution in [0.5, 0.6) is 0 Å². The maximum absolute atomic E-state index is 13.2. The summed E-state index contributed by atoms with van der Waals surface area (Å²) in [6, 6.07) is 6.90. The molecular weight excluding hydrogens is 331 g/mol. The van der Waals surface area contributed by atoms with Crippen LogP contribution in [0, 0.1) is 11.7 Å². The van der Waals surface area contributed by atoms with Crippen LogP contribution in [0.1, 0.15) is 37.7 Å². The summed E-state index contributed by atoms with van der Waals surface area (Å²) < 4.78 is 13.2. The average Bonchev–Trinajstić information content (AvgIpc) is 3.32. The van der Waals surface area contributed by atoms with Crippen molar-refractivity contribution in [1.29, 1.82) is 0 Å². The number of hydrogen-bond acceptors (Lipinski definition) is 2. The van der Waals surface area contributed by atoms with E-state index in [0.717, 1.165) is 50.3 Å². The molecule has 1 aliphatic heterocycles. The lowest BCUT2D eigenvalue weighted by Gasteiger charge is -2.21. The Kier molecular flexibility index (Phi) is 6.47. The van der Waals surface area contributed by atoms with Gasteiger partial charge in [0.2, 0.25) is 5.91 Å². The molecule has 1 aromatic carbocycles. The Balaban J connectivity index is 1.41. The summed E-state index contributed by atoms with van der Waals surface area (Å²) >= 11 is 0. The Morgan fingerprint density at radius 2 is 2.12 bits per heavy atom. The molecule has 1 aliphatic carbocycles. The lowest BCUT2D eigenvalue weighted by molar-refractivity contribution is -0.134. The fourth-order valence-corrected chi connectivity index (χ4v) is 3.91. The molecule has 5 nitrogen and oxygen atoms in total. The van der Waals surface area contributed by atoms with Gasteiger partial charge in [-0.2, -0.15) is 0 Å². The van der Waals surface area contributed by atoms with Crippen molar-refractivity contribution >= 4 is 11.9 Å². The Labute approximate surface area is 155 Å². The van der Waals surface area contributed by atoms with Crippen LogP contribution in [0.25, 0.3) is 0 Å². The number of nitrogens with one attached hydrogen (secondary N) is 2. The Morgan fingerprint density at radius 3 is 2.85 bits per heavy atom. The van der Waals surface area contributed by atoms with E-state index in [4.69, 9.17) is 0 Å². The summed E-state index contributed by atoms with van der Waals surface area (Å²) in [6.07, 6.45) is 6.16. The summed E-state index contributed by atoms with van der Waals surface area (Å²) in [5.41, 5.74) is 0.960. The number of benzene rings is 1. The number of amides is 1. The number of carbonyl (C=O) groups excluding carboxylic acids is 1. The highest BCUT2D eigenvalue weighted by atomic mass is 19.1. The SMILES string of the molecule is CN=C(NCCc1cccc(F)c1)NC1CCN(C(=O)C2CCCC2)C1. The highest BCUT2D eigenvalue weighted by molar-refractivity contribution is 5.81. The van der Waals surface area contributed by atoms with Crippen molar-refractivity contribution in [2.45, 2.75) is 44.6 Å². The molecule has 0 spiro atoms. The Hall–Kier alpha value is -2.11. The second-order valence-corrected chi connectivity index (χ2v) is 7.27. The van der Waals surface area contributed by atoms with E-state index in [9.17, 15) is 9.18 Å². The number of nitrogens with zero attached hydrogens (tertiary/aromatic N) is 2. The number of rotatable bonds is 5. The minimum atomic E-state index is -0.206. The van der Waals surface area contributed by atoms with Crippen molar-refractivity contribution in [1.82, 2.24) is 15.5 Å². The minimum Gasteiger partial charge on any atom is -0.356 e. The van der Waals surface area contributed by atoms with E-state index in [0.29, 0.717) is 12.5 Å². The van der Waals surface area contributed by atoms with Gasteiger partial charge in [0.15, 0.2) is 5.96 Å². The van der Waals surface area contributed by atoms with Gasteiger partial charge in [-0.3, -0.25) is 9.79 Å². The van der Waals surface area contributed by atoms with Gasteiger partial charge in [-0.15, -0.1) is 0 Å². The molecule has 0 bridgehead atoms. The molecule has 2 fully saturated rings. The molecule has 142 valence electrons. The molecule has 1 amide bonds. The van der Waals surface area contributed by atoms with Gasteiger partial charge >= 0.3 is 0 Å². The lowest BCUT2D eigenvalue weighted by atomic mass is 10.1. The van der Waals surface area contributed by atoms with Crippen molar-refractivity contribution < 1.29 is 9.18 Å². The molecule has 0 radical (unpaired) electrons. The summed E-state index contributed by atoms with van der Waals surface area (Å²) in [4.78, 5) is 18.8. The van der Waals surface area contributed by atoms with Gasteiger partial charge in [0.1, 0.15) is 5.82 Å². The van der Waals surface area contributed by atoms with Crippen molar-refractivity contribution in [3.63, 3.8) is 0 Å². The van der Waals surface area contributed by atoms with Crippen molar-refractivity contribution in [3.05, 3.63) is 35.6 Å². The Bertz CT molecular complexity index is 642. The summed E-state index contributed by atoms with van der Waals surface area (Å²) in [5, 5.41) is 6.69. The van der Waals surface area contributed by atoms with Gasteiger partial charge in [-0.25, -0.2) is 4.39 Å². The van der Waals surface area contributed by atoms with Crippen molar-refractivity contribution in [2.24, 2.45) is 10.9 Å². The number of guanidine groups is 1. The minimum absolute atomic E-state index is 0.206. The monoisotopic (exact) mass is 360 g/mol. The molecule has 1 aromatic rings. The summed E-state index contributed by atoms with van der Waals surface area (Å²) in [5.74, 6) is 1.11. The first kappa shape index (κ1) is 18.7. The largest absolute Gasteiger partial charge is 0.356 e. The number of carbonyl (C=O) groups is 1. The van der Waals surface area contributed by atoms with Crippen LogP contribution >= 0.6 is 0 Å². The predicted octanol–water partition coefficient (Wildman–Crippen LogP) is 2.32. The summed E-state index contributed by atoms with van der Waals surface area (Å²) in [7, 11) is 1.74. The number of halogens is 1.